The number of benzene rings is 5. The molecule has 6 heteroatoms. The number of ketones is 2. The largest absolute Gasteiger partial charge is 0.354 e. The van der Waals surface area contributed by atoms with E-state index in [0.29, 0.717) is 28.7 Å². The van der Waals surface area contributed by atoms with Crippen molar-refractivity contribution in [1.82, 2.24) is 19.9 Å². The number of unbranched alkanes of at least 4 members (excludes halogenated alkanes) is 1. The molecule has 67 heavy (non-hydrogen) atoms. The van der Waals surface area contributed by atoms with Gasteiger partial charge in [0.2, 0.25) is 0 Å². The molecule has 0 radical (unpaired) electrons. The summed E-state index contributed by atoms with van der Waals surface area (Å²) in [4.78, 5) is 46.9. The summed E-state index contributed by atoms with van der Waals surface area (Å²) in [6.07, 6.45) is 10.7. The zero-order chi connectivity index (χ0) is 45.8. The van der Waals surface area contributed by atoms with E-state index in [1.165, 1.54) is 16.7 Å². The molecule has 0 saturated heterocycles. The third kappa shape index (κ3) is 7.50. The van der Waals surface area contributed by atoms with Gasteiger partial charge in [0.15, 0.2) is 11.6 Å². The van der Waals surface area contributed by atoms with Crippen molar-refractivity contribution in [2.45, 2.75) is 47.0 Å². The van der Waals surface area contributed by atoms with Crippen LogP contribution in [0, 0.1) is 20.8 Å². The minimum Gasteiger partial charge on any atom is -0.354 e. The molecule has 5 heterocycles. The molecular formula is C61H48N4O2. The van der Waals surface area contributed by atoms with E-state index in [9.17, 15) is 9.59 Å². The average molecular weight is 869 g/mol. The Morgan fingerprint density at radius 3 is 1.09 bits per heavy atom. The van der Waals surface area contributed by atoms with Gasteiger partial charge in [-0.2, -0.15) is 0 Å². The first-order valence-electron chi connectivity index (χ1n) is 23.1. The summed E-state index contributed by atoms with van der Waals surface area (Å²) in [6, 6.07) is 49.7. The maximum absolute atomic E-state index is 14.3. The van der Waals surface area contributed by atoms with Gasteiger partial charge < -0.3 is 9.97 Å². The Balaban J connectivity index is 1.20. The van der Waals surface area contributed by atoms with Crippen molar-refractivity contribution in [2.75, 3.05) is 0 Å². The van der Waals surface area contributed by atoms with Gasteiger partial charge in [-0.3, -0.25) is 9.59 Å². The van der Waals surface area contributed by atoms with Crippen LogP contribution in [0.15, 0.2) is 151 Å². The summed E-state index contributed by atoms with van der Waals surface area (Å²) in [5.41, 5.74) is 21.2. The standard InChI is InChI=1S/C61H48N4O2/c1-5-6-9-46-55(61(67)45-11-8-7-10-44(45)60(46)66)39-24-26-43(27-25-39)59-53-34-32-51(64-53)57(41-20-14-37(3)15-21-41)49-30-28-47(62-49)56(40-18-12-36(2)13-19-40)48-29-31-50(63-48)58(52-33-35-54(59)65-52)42-22-16-38(4)17-23-42/h7-8,10-35,62,65H,5-6,9H2,1-4H3. The Bertz CT molecular complexity index is 3540. The summed E-state index contributed by atoms with van der Waals surface area (Å²) < 4.78 is 0. The molecule has 0 atom stereocenters. The van der Waals surface area contributed by atoms with Crippen molar-refractivity contribution in [3.63, 3.8) is 0 Å². The topological polar surface area (TPSA) is 91.5 Å². The second-order valence-electron chi connectivity index (χ2n) is 17.8. The molecule has 2 aliphatic heterocycles. The van der Waals surface area contributed by atoms with E-state index >= 15 is 0 Å². The first-order chi connectivity index (χ1) is 32.7. The van der Waals surface area contributed by atoms with Gasteiger partial charge in [0.05, 0.1) is 22.8 Å². The van der Waals surface area contributed by atoms with Crippen LogP contribution in [-0.2, 0) is 0 Å². The number of hydrogen-bond donors (Lipinski definition) is 2. The highest BCUT2D eigenvalue weighted by molar-refractivity contribution is 6.40. The normalized spacial score (nSPS) is 13.1. The SMILES string of the molecule is CCCCC1=C(c2ccc(-c3c4nc(c(-c5ccc(C)cc5)c5ccc([nH]5)c(-c5ccc(C)cc5)c5nc(c(-c6ccc(C)cc6)c6ccc3[nH]6)C=C5)C=C4)cc2)C(=O)c2ccccc2C1=O. The van der Waals surface area contributed by atoms with Crippen LogP contribution in [0.5, 0.6) is 0 Å². The molecule has 11 rings (SSSR count). The van der Waals surface area contributed by atoms with E-state index in [-0.39, 0.29) is 11.6 Å². The number of Topliss-reactive ketones (excluding diaryl/α,β-unsaturated/α-hetero) is 2. The fraction of sp³-hybridized carbons (Fsp3) is 0.115. The Kier molecular flexibility index (Phi) is 10.5. The predicted molar refractivity (Wildman–Crippen MR) is 276 cm³/mol. The number of allylic oxidation sites excluding steroid dienone is 2. The first-order valence-corrected chi connectivity index (χ1v) is 23.1. The highest BCUT2D eigenvalue weighted by Gasteiger charge is 2.32. The molecule has 2 N–H and O–H groups in total. The third-order valence-corrected chi connectivity index (χ3v) is 13.2. The van der Waals surface area contributed by atoms with Crippen molar-refractivity contribution >= 4 is 63.5 Å². The van der Waals surface area contributed by atoms with Crippen LogP contribution in [0.25, 0.3) is 96.5 Å². The van der Waals surface area contributed by atoms with Gasteiger partial charge in [-0.05, 0) is 110 Å². The molecule has 5 aromatic carbocycles. The number of nitrogens with zero attached hydrogens (tertiary/aromatic N) is 2. The van der Waals surface area contributed by atoms with Gasteiger partial charge >= 0.3 is 0 Å². The second-order valence-corrected chi connectivity index (χ2v) is 17.8. The van der Waals surface area contributed by atoms with E-state index in [1.54, 1.807) is 12.1 Å². The van der Waals surface area contributed by atoms with Crippen LogP contribution in [0.2, 0.25) is 0 Å². The van der Waals surface area contributed by atoms with E-state index in [2.05, 4.69) is 171 Å². The van der Waals surface area contributed by atoms with Gasteiger partial charge in [0.25, 0.3) is 0 Å². The smallest absolute Gasteiger partial charge is 0.194 e. The van der Waals surface area contributed by atoms with Crippen LogP contribution in [-0.4, -0.2) is 31.5 Å². The highest BCUT2D eigenvalue weighted by atomic mass is 16.1. The van der Waals surface area contributed by atoms with Gasteiger partial charge in [0, 0.05) is 66.6 Å². The molecule has 0 spiro atoms. The lowest BCUT2D eigenvalue weighted by Gasteiger charge is -2.21. The quantitative estimate of drug-likeness (QED) is 0.159. The molecule has 0 amide bonds. The molecule has 324 valence electrons. The first kappa shape index (κ1) is 41.5. The maximum atomic E-state index is 14.3. The zero-order valence-corrected chi connectivity index (χ0v) is 38.0. The van der Waals surface area contributed by atoms with Crippen LogP contribution >= 0.6 is 0 Å². The number of fused-ring (bicyclic) bond motifs is 9. The number of H-pyrrole nitrogens is 2. The molecule has 3 aliphatic rings. The molecular weight excluding hydrogens is 821 g/mol. The van der Waals surface area contributed by atoms with Gasteiger partial charge in [-0.25, -0.2) is 9.97 Å². The molecule has 6 nitrogen and oxygen atoms in total. The average Bonchev–Trinajstić information content (AvgIpc) is 4.20. The van der Waals surface area contributed by atoms with Gasteiger partial charge in [-0.1, -0.05) is 151 Å². The summed E-state index contributed by atoms with van der Waals surface area (Å²) in [6.45, 7) is 8.42. The number of aromatic amines is 2. The molecule has 1 aliphatic carbocycles. The molecule has 0 fully saturated rings. The Hall–Kier alpha value is -8.22. The lowest BCUT2D eigenvalue weighted by atomic mass is 9.79. The Morgan fingerprint density at radius 2 is 0.731 bits per heavy atom. The highest BCUT2D eigenvalue weighted by Crippen LogP contribution is 2.40. The van der Waals surface area contributed by atoms with E-state index in [0.717, 1.165) is 108 Å². The number of carbonyl (C=O) groups excluding carboxylic acids is 2. The van der Waals surface area contributed by atoms with Crippen LogP contribution < -0.4 is 0 Å². The predicted octanol–water partition coefficient (Wildman–Crippen LogP) is 15.3. The number of rotatable bonds is 8. The van der Waals surface area contributed by atoms with Gasteiger partial charge in [-0.15, -0.1) is 0 Å². The van der Waals surface area contributed by atoms with Gasteiger partial charge in [0.1, 0.15) is 0 Å². The number of carbonyl (C=O) groups is 2. The third-order valence-electron chi connectivity index (χ3n) is 13.2. The molecule has 8 aromatic rings. The number of aryl methyl sites for hydroxylation is 3. The number of hydrogen-bond acceptors (Lipinski definition) is 4. The second kappa shape index (κ2) is 17.0. The van der Waals surface area contributed by atoms with Crippen LogP contribution in [0.4, 0.5) is 0 Å². The van der Waals surface area contributed by atoms with Crippen LogP contribution in [0.1, 0.15) is 91.9 Å². The fourth-order valence-corrected chi connectivity index (χ4v) is 9.71. The summed E-state index contributed by atoms with van der Waals surface area (Å²) >= 11 is 0. The number of aromatic nitrogens is 4. The van der Waals surface area contributed by atoms with Crippen molar-refractivity contribution < 1.29 is 9.59 Å². The monoisotopic (exact) mass is 868 g/mol. The van der Waals surface area contributed by atoms with E-state index < -0.39 is 0 Å². The summed E-state index contributed by atoms with van der Waals surface area (Å²) in [7, 11) is 0. The van der Waals surface area contributed by atoms with Crippen molar-refractivity contribution in [3.8, 4) is 44.5 Å². The maximum Gasteiger partial charge on any atom is 0.194 e. The molecule has 8 bridgehead atoms. The zero-order valence-electron chi connectivity index (χ0n) is 38.0. The Labute approximate surface area is 390 Å². The fourth-order valence-electron chi connectivity index (χ4n) is 9.71. The van der Waals surface area contributed by atoms with Crippen molar-refractivity contribution in [3.05, 3.63) is 207 Å². The van der Waals surface area contributed by atoms with E-state index in [1.807, 2.05) is 24.3 Å². The van der Waals surface area contributed by atoms with Crippen molar-refractivity contribution in [1.29, 1.82) is 0 Å². The lowest BCUT2D eigenvalue weighted by Crippen LogP contribution is -2.21. The Morgan fingerprint density at radius 1 is 0.403 bits per heavy atom. The molecule has 0 unspecified atom stereocenters. The lowest BCUT2D eigenvalue weighted by molar-refractivity contribution is 0.0988. The van der Waals surface area contributed by atoms with Crippen LogP contribution in [0.3, 0.4) is 0 Å². The summed E-state index contributed by atoms with van der Waals surface area (Å²) in [5, 5.41) is 0. The number of nitrogens with one attached hydrogen (secondary N) is 2. The van der Waals surface area contributed by atoms with E-state index in [4.69, 9.17) is 9.97 Å². The minimum atomic E-state index is -0.110. The summed E-state index contributed by atoms with van der Waals surface area (Å²) in [5.74, 6) is -0.172. The minimum absolute atomic E-state index is 0.0618. The van der Waals surface area contributed by atoms with Crippen molar-refractivity contribution in [2.24, 2.45) is 0 Å². The molecule has 3 aromatic heterocycles. The molecule has 0 saturated carbocycles.